The van der Waals surface area contributed by atoms with Crippen molar-refractivity contribution in [1.29, 1.82) is 0 Å². The quantitative estimate of drug-likeness (QED) is 0.541. The van der Waals surface area contributed by atoms with E-state index in [1.807, 2.05) is 43.3 Å². The third-order valence-corrected chi connectivity index (χ3v) is 4.74. The molecule has 0 aliphatic rings. The van der Waals surface area contributed by atoms with Gasteiger partial charge < -0.3 is 10.1 Å². The zero-order valence-corrected chi connectivity index (χ0v) is 15.9. The van der Waals surface area contributed by atoms with E-state index in [-0.39, 0.29) is 11.9 Å². The second-order valence-electron chi connectivity index (χ2n) is 6.81. The number of fused-ring (bicyclic) bond motifs is 1. The molecule has 1 amide bonds. The van der Waals surface area contributed by atoms with Gasteiger partial charge in [0.25, 0.3) is 0 Å². The summed E-state index contributed by atoms with van der Waals surface area (Å²) in [6, 6.07) is 24.8. The molecule has 0 saturated carbocycles. The predicted molar refractivity (Wildman–Crippen MR) is 111 cm³/mol. The molecule has 3 heteroatoms. The Morgan fingerprint density at radius 1 is 0.926 bits per heavy atom. The van der Waals surface area contributed by atoms with Gasteiger partial charge in [-0.15, -0.1) is 0 Å². The molecule has 0 aliphatic carbocycles. The zero-order valence-electron chi connectivity index (χ0n) is 15.9. The molecule has 3 rings (SSSR count). The summed E-state index contributed by atoms with van der Waals surface area (Å²) >= 11 is 0. The van der Waals surface area contributed by atoms with Crippen molar-refractivity contribution in [3.8, 4) is 0 Å². The molecule has 0 bridgehead atoms. The summed E-state index contributed by atoms with van der Waals surface area (Å²) in [6.45, 7) is 3.34. The van der Waals surface area contributed by atoms with Crippen molar-refractivity contribution in [3.05, 3.63) is 83.9 Å². The zero-order chi connectivity index (χ0) is 18.9. The van der Waals surface area contributed by atoms with Crippen LogP contribution in [-0.2, 0) is 16.0 Å². The Hall–Kier alpha value is -2.65. The fraction of sp³-hybridized carbons (Fsp3) is 0.292. The van der Waals surface area contributed by atoms with Crippen LogP contribution in [-0.4, -0.2) is 19.1 Å². The second-order valence-corrected chi connectivity index (χ2v) is 6.81. The van der Waals surface area contributed by atoms with Gasteiger partial charge in [-0.1, -0.05) is 72.8 Å². The number of amides is 1. The summed E-state index contributed by atoms with van der Waals surface area (Å²) in [5.74, 6) is 0.0714. The molecule has 140 valence electrons. The second kappa shape index (κ2) is 9.89. The van der Waals surface area contributed by atoms with Crippen LogP contribution >= 0.6 is 0 Å². The van der Waals surface area contributed by atoms with Crippen LogP contribution in [0.3, 0.4) is 0 Å². The van der Waals surface area contributed by atoms with Crippen LogP contribution in [0.25, 0.3) is 10.8 Å². The lowest BCUT2D eigenvalue weighted by molar-refractivity contribution is -0.122. The van der Waals surface area contributed by atoms with Crippen LogP contribution in [0.4, 0.5) is 0 Å². The molecule has 3 aromatic rings. The average molecular weight is 361 g/mol. The summed E-state index contributed by atoms with van der Waals surface area (Å²) in [7, 11) is 0. The maximum absolute atomic E-state index is 12.3. The average Bonchev–Trinajstić information content (AvgIpc) is 2.71. The van der Waals surface area contributed by atoms with Crippen molar-refractivity contribution in [2.24, 2.45) is 0 Å². The van der Waals surface area contributed by atoms with Crippen LogP contribution in [0.5, 0.6) is 0 Å². The highest BCUT2D eigenvalue weighted by atomic mass is 16.5. The molecule has 0 aliphatic heterocycles. The summed E-state index contributed by atoms with van der Waals surface area (Å²) in [5.41, 5.74) is 2.43. The minimum Gasteiger partial charge on any atom is -0.381 e. The maximum atomic E-state index is 12.3. The SMILES string of the molecule is CC(NC(=O)CCCOCCc1ccccc1)c1cccc2ccccc12. The third-order valence-electron chi connectivity index (χ3n) is 4.74. The summed E-state index contributed by atoms with van der Waals surface area (Å²) < 4.78 is 5.66. The fourth-order valence-corrected chi connectivity index (χ4v) is 3.29. The van der Waals surface area contributed by atoms with Crippen molar-refractivity contribution in [1.82, 2.24) is 5.32 Å². The van der Waals surface area contributed by atoms with Gasteiger partial charge in [0.15, 0.2) is 0 Å². The molecule has 1 atom stereocenters. The Morgan fingerprint density at radius 2 is 1.67 bits per heavy atom. The van der Waals surface area contributed by atoms with Gasteiger partial charge in [-0.3, -0.25) is 4.79 Å². The van der Waals surface area contributed by atoms with Crippen molar-refractivity contribution >= 4 is 16.7 Å². The van der Waals surface area contributed by atoms with Gasteiger partial charge in [0.05, 0.1) is 12.6 Å². The molecule has 0 radical (unpaired) electrons. The largest absolute Gasteiger partial charge is 0.381 e. The minimum absolute atomic E-state index is 0.0115. The Bertz CT molecular complexity index is 855. The first-order valence-corrected chi connectivity index (χ1v) is 9.63. The number of ether oxygens (including phenoxy) is 1. The van der Waals surface area contributed by atoms with Crippen LogP contribution in [0.2, 0.25) is 0 Å². The third kappa shape index (κ3) is 5.66. The van der Waals surface area contributed by atoms with Gasteiger partial charge in [0, 0.05) is 13.0 Å². The normalized spacial score (nSPS) is 12.0. The summed E-state index contributed by atoms with van der Waals surface area (Å²) in [5, 5.41) is 5.50. The minimum atomic E-state index is -0.0115. The lowest BCUT2D eigenvalue weighted by Gasteiger charge is -2.16. The van der Waals surface area contributed by atoms with E-state index < -0.39 is 0 Å². The standard InChI is InChI=1S/C24H27NO2/c1-19(22-14-7-12-21-11-5-6-13-23(21)22)25-24(26)15-8-17-27-18-16-20-9-3-2-4-10-20/h2-7,9-14,19H,8,15-18H2,1H3,(H,25,26). The number of benzene rings is 3. The topological polar surface area (TPSA) is 38.3 Å². The molecule has 3 nitrogen and oxygen atoms in total. The first kappa shape index (κ1) is 19.1. The number of carbonyl (C=O) groups excluding carboxylic acids is 1. The van der Waals surface area contributed by atoms with Gasteiger partial charge in [-0.05, 0) is 41.7 Å². The van der Waals surface area contributed by atoms with Crippen LogP contribution in [0, 0.1) is 0 Å². The van der Waals surface area contributed by atoms with E-state index in [0.29, 0.717) is 19.6 Å². The molecule has 0 saturated heterocycles. The smallest absolute Gasteiger partial charge is 0.220 e. The molecule has 27 heavy (non-hydrogen) atoms. The number of hydrogen-bond acceptors (Lipinski definition) is 2. The molecular weight excluding hydrogens is 334 g/mol. The Morgan fingerprint density at radius 3 is 2.52 bits per heavy atom. The van der Waals surface area contributed by atoms with Gasteiger partial charge in [-0.2, -0.15) is 0 Å². The van der Waals surface area contributed by atoms with Crippen molar-refractivity contribution in [2.75, 3.05) is 13.2 Å². The fourth-order valence-electron chi connectivity index (χ4n) is 3.29. The molecule has 1 N–H and O–H groups in total. The molecule has 0 heterocycles. The molecule has 0 aromatic heterocycles. The first-order valence-electron chi connectivity index (χ1n) is 9.63. The molecule has 1 unspecified atom stereocenters. The van der Waals surface area contributed by atoms with E-state index in [0.717, 1.165) is 18.4 Å². The Kier molecular flexibility index (Phi) is 7.00. The monoisotopic (exact) mass is 361 g/mol. The van der Waals surface area contributed by atoms with E-state index in [1.54, 1.807) is 0 Å². The lowest BCUT2D eigenvalue weighted by atomic mass is 9.99. The number of carbonyl (C=O) groups is 1. The summed E-state index contributed by atoms with van der Waals surface area (Å²) in [6.07, 6.45) is 2.13. The van der Waals surface area contributed by atoms with Crippen LogP contribution in [0.1, 0.15) is 36.9 Å². The van der Waals surface area contributed by atoms with Crippen molar-refractivity contribution in [2.45, 2.75) is 32.2 Å². The number of nitrogens with one attached hydrogen (secondary N) is 1. The van der Waals surface area contributed by atoms with Gasteiger partial charge in [0.1, 0.15) is 0 Å². The van der Waals surface area contributed by atoms with Crippen molar-refractivity contribution < 1.29 is 9.53 Å². The number of hydrogen-bond donors (Lipinski definition) is 1. The molecule has 3 aromatic carbocycles. The maximum Gasteiger partial charge on any atom is 0.220 e. The van der Waals surface area contributed by atoms with Crippen molar-refractivity contribution in [3.63, 3.8) is 0 Å². The summed E-state index contributed by atoms with van der Waals surface area (Å²) in [4.78, 5) is 12.3. The highest BCUT2D eigenvalue weighted by Gasteiger charge is 2.12. The predicted octanol–water partition coefficient (Wildman–Crippen LogP) is 5.06. The van der Waals surface area contributed by atoms with Crippen LogP contribution < -0.4 is 5.32 Å². The van der Waals surface area contributed by atoms with Gasteiger partial charge in [-0.25, -0.2) is 0 Å². The van der Waals surface area contributed by atoms with Gasteiger partial charge in [0.2, 0.25) is 5.91 Å². The molecule has 0 spiro atoms. The van der Waals surface area contributed by atoms with E-state index in [4.69, 9.17) is 4.74 Å². The highest BCUT2D eigenvalue weighted by molar-refractivity contribution is 5.86. The van der Waals surface area contributed by atoms with E-state index >= 15 is 0 Å². The van der Waals surface area contributed by atoms with E-state index in [9.17, 15) is 4.79 Å². The van der Waals surface area contributed by atoms with E-state index in [1.165, 1.54) is 16.3 Å². The first-order chi connectivity index (χ1) is 13.2. The lowest BCUT2D eigenvalue weighted by Crippen LogP contribution is -2.26. The molecular formula is C24H27NO2. The Labute approximate surface area is 161 Å². The molecule has 0 fully saturated rings. The number of rotatable bonds is 9. The Balaban J connectivity index is 1.39. The van der Waals surface area contributed by atoms with Gasteiger partial charge >= 0.3 is 0 Å². The van der Waals surface area contributed by atoms with Crippen LogP contribution in [0.15, 0.2) is 72.8 Å². The van der Waals surface area contributed by atoms with E-state index in [2.05, 4.69) is 41.7 Å². The highest BCUT2D eigenvalue weighted by Crippen LogP contribution is 2.24.